The van der Waals surface area contributed by atoms with E-state index < -0.39 is 0 Å². The third-order valence-electron chi connectivity index (χ3n) is 4.53. The summed E-state index contributed by atoms with van der Waals surface area (Å²) in [5, 5.41) is 3.61. The van der Waals surface area contributed by atoms with Gasteiger partial charge in [-0.15, -0.1) is 0 Å². The van der Waals surface area contributed by atoms with Crippen LogP contribution in [0.15, 0.2) is 42.5 Å². The highest BCUT2D eigenvalue weighted by Crippen LogP contribution is 2.35. The Morgan fingerprint density at radius 1 is 1.22 bits per heavy atom. The van der Waals surface area contributed by atoms with E-state index in [4.69, 9.17) is 4.74 Å². The van der Waals surface area contributed by atoms with Gasteiger partial charge in [-0.3, -0.25) is 4.79 Å². The molecule has 2 aromatic carbocycles. The third-order valence-corrected chi connectivity index (χ3v) is 4.53. The summed E-state index contributed by atoms with van der Waals surface area (Å²) >= 11 is 0. The fourth-order valence-corrected chi connectivity index (χ4v) is 3.33. The highest BCUT2D eigenvalue weighted by atomic mass is 16.5. The van der Waals surface area contributed by atoms with Gasteiger partial charge in [0, 0.05) is 18.2 Å². The van der Waals surface area contributed by atoms with E-state index in [1.54, 1.807) is 0 Å². The number of fused-ring (bicyclic) bond motifs is 1. The molecule has 0 fully saturated rings. The van der Waals surface area contributed by atoms with Crippen LogP contribution in [-0.4, -0.2) is 6.47 Å². The number of unbranched alkanes of at least 4 members (excludes halogenated alkanes) is 2. The molecule has 2 aromatic rings. The topological polar surface area (TPSA) is 38.3 Å². The molecule has 23 heavy (non-hydrogen) atoms. The molecule has 0 spiro atoms. The van der Waals surface area contributed by atoms with Crippen LogP contribution in [0.4, 0.5) is 0 Å². The fourth-order valence-electron chi connectivity index (χ4n) is 3.33. The van der Waals surface area contributed by atoms with Crippen molar-refractivity contribution in [2.75, 3.05) is 0 Å². The van der Waals surface area contributed by atoms with Crippen molar-refractivity contribution < 1.29 is 9.53 Å². The van der Waals surface area contributed by atoms with Gasteiger partial charge in [-0.05, 0) is 35.2 Å². The van der Waals surface area contributed by atoms with Crippen molar-refractivity contribution in [1.29, 1.82) is 0 Å². The number of carbonyl (C=O) groups excluding carboxylic acids is 1. The lowest BCUT2D eigenvalue weighted by atomic mass is 9.95. The average molecular weight is 309 g/mol. The minimum atomic E-state index is 0.479. The molecular weight excluding hydrogens is 286 g/mol. The summed E-state index contributed by atoms with van der Waals surface area (Å²) in [5.74, 6) is 0.605. The first-order valence-electron chi connectivity index (χ1n) is 8.39. The lowest BCUT2D eigenvalue weighted by Crippen LogP contribution is -2.11. The molecular formula is C20H23NO2. The van der Waals surface area contributed by atoms with E-state index >= 15 is 0 Å². The monoisotopic (exact) mass is 309 g/mol. The van der Waals surface area contributed by atoms with Crippen LogP contribution in [-0.2, 0) is 11.3 Å². The Bertz CT molecular complexity index is 681. The zero-order valence-electron chi connectivity index (χ0n) is 13.5. The van der Waals surface area contributed by atoms with Gasteiger partial charge in [-0.25, -0.2) is 0 Å². The molecule has 0 saturated heterocycles. The van der Waals surface area contributed by atoms with Gasteiger partial charge in [0.1, 0.15) is 5.75 Å². The van der Waals surface area contributed by atoms with Crippen LogP contribution in [0.2, 0.25) is 0 Å². The molecule has 0 amide bonds. The predicted octanol–water partition coefficient (Wildman–Crippen LogP) is 4.61. The van der Waals surface area contributed by atoms with Crippen molar-refractivity contribution >= 4 is 6.47 Å². The van der Waals surface area contributed by atoms with Crippen molar-refractivity contribution in [2.45, 2.75) is 45.2 Å². The summed E-state index contributed by atoms with van der Waals surface area (Å²) in [6.07, 6.45) is 5.02. The van der Waals surface area contributed by atoms with Gasteiger partial charge < -0.3 is 10.1 Å². The molecule has 1 unspecified atom stereocenters. The van der Waals surface area contributed by atoms with E-state index in [1.807, 2.05) is 24.3 Å². The number of para-hydroxylation sites is 1. The van der Waals surface area contributed by atoms with Crippen LogP contribution in [0.3, 0.4) is 0 Å². The van der Waals surface area contributed by atoms with Crippen molar-refractivity contribution in [1.82, 2.24) is 5.32 Å². The van der Waals surface area contributed by atoms with Crippen LogP contribution >= 0.6 is 0 Å². The maximum atomic E-state index is 10.7. The molecule has 0 saturated carbocycles. The first kappa shape index (κ1) is 15.8. The molecule has 120 valence electrons. The van der Waals surface area contributed by atoms with E-state index in [-0.39, 0.29) is 0 Å². The first-order valence-corrected chi connectivity index (χ1v) is 8.39. The SMILES string of the molecule is CCCCCC1NCc2cc(-c3ccccc3OC=O)ccc21. The number of hydrogen-bond acceptors (Lipinski definition) is 3. The van der Waals surface area contributed by atoms with E-state index in [0.29, 0.717) is 18.3 Å². The number of benzene rings is 2. The molecule has 3 nitrogen and oxygen atoms in total. The van der Waals surface area contributed by atoms with Gasteiger partial charge in [-0.2, -0.15) is 0 Å². The maximum Gasteiger partial charge on any atom is 0.298 e. The number of carbonyl (C=O) groups is 1. The van der Waals surface area contributed by atoms with E-state index in [9.17, 15) is 4.79 Å². The van der Waals surface area contributed by atoms with Crippen LogP contribution < -0.4 is 10.1 Å². The minimum absolute atomic E-state index is 0.479. The predicted molar refractivity (Wildman–Crippen MR) is 92.3 cm³/mol. The van der Waals surface area contributed by atoms with Crippen LogP contribution in [0, 0.1) is 0 Å². The van der Waals surface area contributed by atoms with Crippen LogP contribution in [0.1, 0.15) is 49.8 Å². The van der Waals surface area contributed by atoms with Crippen molar-refractivity contribution in [3.63, 3.8) is 0 Å². The number of nitrogens with one attached hydrogen (secondary N) is 1. The quantitative estimate of drug-likeness (QED) is 0.599. The van der Waals surface area contributed by atoms with Crippen molar-refractivity contribution in [3.8, 4) is 16.9 Å². The summed E-state index contributed by atoms with van der Waals surface area (Å²) in [6, 6.07) is 14.7. The Morgan fingerprint density at radius 3 is 2.91 bits per heavy atom. The molecule has 0 radical (unpaired) electrons. The largest absolute Gasteiger partial charge is 0.428 e. The Labute approximate surface area is 137 Å². The number of hydrogen-bond donors (Lipinski definition) is 1. The van der Waals surface area contributed by atoms with Gasteiger partial charge >= 0.3 is 0 Å². The fraction of sp³-hybridized carbons (Fsp3) is 0.350. The molecule has 1 aliphatic rings. The molecule has 1 atom stereocenters. The molecule has 0 aliphatic carbocycles. The standard InChI is InChI=1S/C20H23NO2/c1-2-3-4-8-19-17-11-10-15(12-16(17)13-21-19)18-7-5-6-9-20(18)23-14-22/h5-7,9-12,14,19,21H,2-4,8,13H2,1H3. The van der Waals surface area contributed by atoms with Gasteiger partial charge in [-0.1, -0.05) is 56.5 Å². The zero-order chi connectivity index (χ0) is 16.1. The van der Waals surface area contributed by atoms with Gasteiger partial charge in [0.15, 0.2) is 0 Å². The molecule has 0 aromatic heterocycles. The number of ether oxygens (including phenoxy) is 1. The second kappa shape index (κ2) is 7.42. The molecule has 3 rings (SSSR count). The molecule has 1 N–H and O–H groups in total. The molecule has 1 aliphatic heterocycles. The third kappa shape index (κ3) is 3.45. The summed E-state index contributed by atoms with van der Waals surface area (Å²) in [6.45, 7) is 3.63. The van der Waals surface area contributed by atoms with E-state index in [0.717, 1.165) is 17.7 Å². The summed E-state index contributed by atoms with van der Waals surface area (Å²) in [4.78, 5) is 10.7. The minimum Gasteiger partial charge on any atom is -0.428 e. The summed E-state index contributed by atoms with van der Waals surface area (Å²) < 4.78 is 5.10. The van der Waals surface area contributed by atoms with Crippen molar-refractivity contribution in [3.05, 3.63) is 53.6 Å². The lowest BCUT2D eigenvalue weighted by Gasteiger charge is -2.13. The first-order chi connectivity index (χ1) is 11.3. The smallest absolute Gasteiger partial charge is 0.298 e. The molecule has 3 heteroatoms. The Morgan fingerprint density at radius 2 is 2.09 bits per heavy atom. The van der Waals surface area contributed by atoms with Crippen LogP contribution in [0.5, 0.6) is 5.75 Å². The average Bonchev–Trinajstić information content (AvgIpc) is 2.98. The Kier molecular flexibility index (Phi) is 5.09. The summed E-state index contributed by atoms with van der Waals surface area (Å²) in [5.41, 5.74) is 4.82. The maximum absolute atomic E-state index is 10.7. The van der Waals surface area contributed by atoms with E-state index in [2.05, 4.69) is 30.4 Å². The van der Waals surface area contributed by atoms with Gasteiger partial charge in [0.05, 0.1) is 0 Å². The zero-order valence-corrected chi connectivity index (χ0v) is 13.5. The molecule has 0 bridgehead atoms. The van der Waals surface area contributed by atoms with Gasteiger partial charge in [0.2, 0.25) is 0 Å². The highest BCUT2D eigenvalue weighted by molar-refractivity contribution is 5.73. The normalized spacial score (nSPS) is 16.1. The van der Waals surface area contributed by atoms with E-state index in [1.165, 1.54) is 36.8 Å². The van der Waals surface area contributed by atoms with Gasteiger partial charge in [0.25, 0.3) is 6.47 Å². The Balaban J connectivity index is 1.84. The number of rotatable bonds is 7. The Hall–Kier alpha value is -2.13. The lowest BCUT2D eigenvalue weighted by molar-refractivity contribution is -0.120. The van der Waals surface area contributed by atoms with Crippen LogP contribution in [0.25, 0.3) is 11.1 Å². The second-order valence-electron chi connectivity index (χ2n) is 6.05. The second-order valence-corrected chi connectivity index (χ2v) is 6.05. The van der Waals surface area contributed by atoms with Crippen molar-refractivity contribution in [2.24, 2.45) is 0 Å². The molecule has 1 heterocycles. The highest BCUT2D eigenvalue weighted by Gasteiger charge is 2.21. The summed E-state index contributed by atoms with van der Waals surface area (Å²) in [7, 11) is 0.